The van der Waals surface area contributed by atoms with Gasteiger partial charge in [-0.15, -0.1) is 0 Å². The number of ether oxygens (including phenoxy) is 3. The third-order valence-corrected chi connectivity index (χ3v) is 6.44. The lowest BCUT2D eigenvalue weighted by Gasteiger charge is -2.24. The average Bonchev–Trinajstić information content (AvgIpc) is 3.15. The molecule has 0 N–H and O–H groups in total. The standard InChI is InChI=1S/C22H25F2N3O6S/c1-31-16-9-8-15(27(29)30)19(24)17(16)13-6-7-14-20(22(28)32-2)25-26(21(14)18(13)23)12-33-10-11-34(3,4)5/h6-9H,10-12H2,1-5H3. The number of hydrogen-bond acceptors (Lipinski definition) is 7. The number of hydrogen-bond donors (Lipinski definition) is 0. The van der Waals surface area contributed by atoms with E-state index >= 15 is 8.78 Å². The van der Waals surface area contributed by atoms with Crippen LogP contribution in [0, 0.1) is 21.7 Å². The Bertz CT molecular complexity index is 1260. The predicted molar refractivity (Wildman–Crippen MR) is 126 cm³/mol. The van der Waals surface area contributed by atoms with Gasteiger partial charge in [-0.2, -0.15) is 9.49 Å². The van der Waals surface area contributed by atoms with Crippen LogP contribution < -0.4 is 4.74 Å². The maximum Gasteiger partial charge on any atom is 0.359 e. The summed E-state index contributed by atoms with van der Waals surface area (Å²) in [6.07, 6.45) is 6.38. The summed E-state index contributed by atoms with van der Waals surface area (Å²) in [5.41, 5.74) is -1.80. The lowest BCUT2D eigenvalue weighted by atomic mass is 10.00. The topological polar surface area (TPSA) is 106 Å². The largest absolute Gasteiger partial charge is 0.496 e. The summed E-state index contributed by atoms with van der Waals surface area (Å²) in [4.78, 5) is 22.6. The van der Waals surface area contributed by atoms with Gasteiger partial charge in [-0.1, -0.05) is 6.07 Å². The quantitative estimate of drug-likeness (QED) is 0.187. The second kappa shape index (κ2) is 9.94. The number of aromatic nitrogens is 2. The number of methoxy groups -OCH3 is 2. The lowest BCUT2D eigenvalue weighted by molar-refractivity contribution is -0.387. The Morgan fingerprint density at radius 1 is 1.15 bits per heavy atom. The predicted octanol–water partition coefficient (Wildman–Crippen LogP) is 4.35. The van der Waals surface area contributed by atoms with Gasteiger partial charge in [0.1, 0.15) is 18.0 Å². The van der Waals surface area contributed by atoms with Gasteiger partial charge in [0.2, 0.25) is 5.82 Å². The summed E-state index contributed by atoms with van der Waals surface area (Å²) in [5, 5.41) is 15.5. The van der Waals surface area contributed by atoms with Crippen molar-refractivity contribution in [3.63, 3.8) is 0 Å². The summed E-state index contributed by atoms with van der Waals surface area (Å²) in [5.74, 6) is -2.26. The van der Waals surface area contributed by atoms with E-state index in [0.717, 1.165) is 16.5 Å². The van der Waals surface area contributed by atoms with Crippen molar-refractivity contribution in [2.24, 2.45) is 0 Å². The molecule has 3 aromatic rings. The van der Waals surface area contributed by atoms with Crippen LogP contribution in [-0.4, -0.2) is 66.0 Å². The Morgan fingerprint density at radius 3 is 2.44 bits per heavy atom. The number of carbonyl (C=O) groups excluding carboxylic acids is 1. The number of halogens is 2. The van der Waals surface area contributed by atoms with E-state index in [-0.39, 0.29) is 34.6 Å². The first kappa shape index (κ1) is 25.4. The number of fused-ring (bicyclic) bond motifs is 1. The average molecular weight is 498 g/mol. The van der Waals surface area contributed by atoms with Crippen LogP contribution in [-0.2, 0) is 16.2 Å². The molecule has 184 valence electrons. The molecule has 0 bridgehead atoms. The van der Waals surface area contributed by atoms with E-state index in [4.69, 9.17) is 14.2 Å². The van der Waals surface area contributed by atoms with Crippen molar-refractivity contribution in [2.75, 3.05) is 45.3 Å². The normalized spacial score (nSPS) is 12.1. The molecule has 34 heavy (non-hydrogen) atoms. The van der Waals surface area contributed by atoms with Crippen molar-refractivity contribution < 1.29 is 32.7 Å². The van der Waals surface area contributed by atoms with Gasteiger partial charge < -0.3 is 14.2 Å². The van der Waals surface area contributed by atoms with Crippen molar-refractivity contribution in [1.29, 1.82) is 0 Å². The third-order valence-electron chi connectivity index (χ3n) is 5.05. The number of nitro groups is 1. The molecule has 0 spiro atoms. The van der Waals surface area contributed by atoms with E-state index in [2.05, 4.69) is 23.9 Å². The van der Waals surface area contributed by atoms with Crippen LogP contribution in [0.1, 0.15) is 10.5 Å². The molecule has 3 rings (SSSR count). The zero-order valence-electron chi connectivity index (χ0n) is 19.4. The Morgan fingerprint density at radius 2 is 1.85 bits per heavy atom. The molecular weight excluding hydrogens is 472 g/mol. The maximum absolute atomic E-state index is 15.9. The second-order valence-corrected chi connectivity index (χ2v) is 12.8. The molecule has 0 aliphatic carbocycles. The van der Waals surface area contributed by atoms with Gasteiger partial charge >= 0.3 is 11.7 Å². The van der Waals surface area contributed by atoms with Gasteiger partial charge in [0.05, 0.1) is 31.3 Å². The molecule has 12 heteroatoms. The summed E-state index contributed by atoms with van der Waals surface area (Å²) >= 11 is 0. The zero-order valence-corrected chi connectivity index (χ0v) is 20.2. The minimum atomic E-state index is -1.24. The summed E-state index contributed by atoms with van der Waals surface area (Å²) in [7, 11) is 1.59. The van der Waals surface area contributed by atoms with Gasteiger partial charge in [-0.25, -0.2) is 23.9 Å². The molecule has 0 aliphatic heterocycles. The van der Waals surface area contributed by atoms with Crippen LogP contribution >= 0.6 is 10.0 Å². The highest BCUT2D eigenvalue weighted by Gasteiger charge is 2.28. The second-order valence-electron chi connectivity index (χ2n) is 8.23. The van der Waals surface area contributed by atoms with Crippen LogP contribution in [0.2, 0.25) is 0 Å². The minimum absolute atomic E-state index is 0.0926. The van der Waals surface area contributed by atoms with E-state index in [9.17, 15) is 14.9 Å². The van der Waals surface area contributed by atoms with Crippen LogP contribution in [0.15, 0.2) is 24.3 Å². The first-order valence-electron chi connectivity index (χ1n) is 10.0. The molecule has 0 aliphatic rings. The van der Waals surface area contributed by atoms with Crippen LogP contribution in [0.4, 0.5) is 14.5 Å². The van der Waals surface area contributed by atoms with E-state index in [1.54, 1.807) is 0 Å². The monoisotopic (exact) mass is 497 g/mol. The van der Waals surface area contributed by atoms with Crippen LogP contribution in [0.5, 0.6) is 5.75 Å². The number of benzene rings is 2. The smallest absolute Gasteiger partial charge is 0.359 e. The van der Waals surface area contributed by atoms with E-state index in [1.807, 2.05) is 0 Å². The fourth-order valence-corrected chi connectivity index (χ4v) is 3.95. The van der Waals surface area contributed by atoms with Crippen molar-refractivity contribution in [2.45, 2.75) is 6.73 Å². The Kier molecular flexibility index (Phi) is 7.41. The Hall–Kier alpha value is -3.25. The maximum atomic E-state index is 15.9. The molecule has 0 amide bonds. The van der Waals surface area contributed by atoms with Crippen LogP contribution in [0.25, 0.3) is 22.0 Å². The fraction of sp³-hybridized carbons (Fsp3) is 0.364. The van der Waals surface area contributed by atoms with Gasteiger partial charge in [0, 0.05) is 22.8 Å². The summed E-state index contributed by atoms with van der Waals surface area (Å²) in [6.45, 7) is 0.223. The SMILES string of the molecule is COC(=O)c1nn(COCCS(C)(C)C)c2c(F)c(-c3c(OC)ccc([N+](=O)[O-])c3F)ccc12. The number of nitro benzene ring substituents is 1. The molecule has 2 aromatic carbocycles. The molecule has 9 nitrogen and oxygen atoms in total. The Balaban J connectivity index is 2.19. The molecule has 0 radical (unpaired) electrons. The molecule has 0 saturated carbocycles. The van der Waals surface area contributed by atoms with E-state index in [0.29, 0.717) is 6.61 Å². The first-order valence-corrected chi connectivity index (χ1v) is 13.0. The molecular formula is C22H25F2N3O6S. The van der Waals surface area contributed by atoms with Crippen molar-refractivity contribution in [1.82, 2.24) is 9.78 Å². The highest BCUT2D eigenvalue weighted by Crippen LogP contribution is 2.40. The van der Waals surface area contributed by atoms with Crippen LogP contribution in [0.3, 0.4) is 0 Å². The highest BCUT2D eigenvalue weighted by atomic mass is 32.3. The third kappa shape index (κ3) is 4.97. The number of rotatable bonds is 9. The first-order chi connectivity index (χ1) is 16.0. The van der Waals surface area contributed by atoms with Gasteiger partial charge in [-0.05, 0) is 30.9 Å². The molecule has 0 unspecified atom stereocenters. The molecule has 0 atom stereocenters. The summed E-state index contributed by atoms with van der Waals surface area (Å²) in [6, 6.07) is 4.72. The number of nitrogens with zero attached hydrogens (tertiary/aromatic N) is 3. The number of esters is 1. The fourth-order valence-electron chi connectivity index (χ4n) is 3.34. The van der Waals surface area contributed by atoms with Gasteiger partial charge in [0.15, 0.2) is 11.5 Å². The molecule has 0 saturated heterocycles. The molecule has 1 heterocycles. The van der Waals surface area contributed by atoms with E-state index < -0.39 is 43.8 Å². The van der Waals surface area contributed by atoms with Crippen molar-refractivity contribution in [3.8, 4) is 16.9 Å². The summed E-state index contributed by atoms with van der Waals surface area (Å²) < 4.78 is 47.7. The molecule has 0 fully saturated rings. The zero-order chi connectivity index (χ0) is 25.2. The highest BCUT2D eigenvalue weighted by molar-refractivity contribution is 8.32. The van der Waals surface area contributed by atoms with Gasteiger partial charge in [0.25, 0.3) is 0 Å². The Labute approximate surface area is 196 Å². The number of carbonyl (C=O) groups is 1. The van der Waals surface area contributed by atoms with Crippen molar-refractivity contribution in [3.05, 3.63) is 51.7 Å². The minimum Gasteiger partial charge on any atom is -0.496 e. The lowest BCUT2D eigenvalue weighted by Crippen LogP contribution is -2.12. The van der Waals surface area contributed by atoms with Crippen molar-refractivity contribution >= 4 is 32.6 Å². The van der Waals surface area contributed by atoms with E-state index in [1.165, 1.54) is 32.4 Å². The molecule has 1 aromatic heterocycles. The van der Waals surface area contributed by atoms with Gasteiger partial charge in [-0.3, -0.25) is 10.1 Å².